The van der Waals surface area contributed by atoms with Gasteiger partial charge >= 0.3 is 0 Å². The Hall–Kier alpha value is -5.12. The van der Waals surface area contributed by atoms with Crippen LogP contribution in [-0.2, 0) is 26.2 Å². The maximum Gasteiger partial charge on any atom is 0.247 e. The number of carbonyl (C=O) groups excluding carboxylic acids is 3. The highest BCUT2D eigenvalue weighted by Crippen LogP contribution is 2.36. The molecule has 5 aromatic rings. The van der Waals surface area contributed by atoms with E-state index in [1.807, 2.05) is 0 Å². The molecule has 3 aromatic carbocycles. The predicted octanol–water partition coefficient (Wildman–Crippen LogP) is 4.69. The number of aryl methyl sites for hydroxylation is 1. The minimum absolute atomic E-state index is 0.108. The zero-order valence-electron chi connectivity index (χ0n) is 26.0. The first-order valence-electron chi connectivity index (χ1n) is 14.9. The highest BCUT2D eigenvalue weighted by atomic mass is 35.5. The zero-order chi connectivity index (χ0) is 35.2. The van der Waals surface area contributed by atoms with E-state index in [2.05, 4.69) is 20.4 Å². The SMILES string of the molecule is CC(=O)c1nn(CC(=O)N2C[C@H](F)C[C@H]2C(=O)Nc2cc(S(N)(=O)=O)cc(-c3ccccc3Cl)c2F)c2ccc(-c3cnc(C)nc3)cc12. The number of anilines is 1. The highest BCUT2D eigenvalue weighted by molar-refractivity contribution is 7.89. The van der Waals surface area contributed by atoms with Crippen molar-refractivity contribution >= 4 is 55.8 Å². The number of nitrogens with one attached hydrogen (secondary N) is 1. The number of sulfonamides is 1. The van der Waals surface area contributed by atoms with Crippen molar-refractivity contribution in [3.63, 3.8) is 0 Å². The number of nitrogens with two attached hydrogens (primary N) is 1. The van der Waals surface area contributed by atoms with Crippen molar-refractivity contribution < 1.29 is 31.6 Å². The van der Waals surface area contributed by atoms with Gasteiger partial charge in [0, 0.05) is 52.8 Å². The minimum Gasteiger partial charge on any atom is -0.326 e. The molecule has 2 atom stereocenters. The molecule has 0 spiro atoms. The number of hydrogen-bond acceptors (Lipinski definition) is 8. The van der Waals surface area contributed by atoms with Crippen molar-refractivity contribution in [3.8, 4) is 22.3 Å². The van der Waals surface area contributed by atoms with E-state index >= 15 is 4.39 Å². The van der Waals surface area contributed by atoms with Gasteiger partial charge in [-0.25, -0.2) is 32.3 Å². The number of aromatic nitrogens is 4. The van der Waals surface area contributed by atoms with Gasteiger partial charge in [0.2, 0.25) is 21.8 Å². The van der Waals surface area contributed by atoms with Crippen LogP contribution in [0, 0.1) is 12.7 Å². The van der Waals surface area contributed by atoms with Crippen LogP contribution < -0.4 is 10.5 Å². The van der Waals surface area contributed by atoms with E-state index < -0.39 is 70.0 Å². The summed E-state index contributed by atoms with van der Waals surface area (Å²) in [6.45, 7) is 2.21. The molecule has 49 heavy (non-hydrogen) atoms. The van der Waals surface area contributed by atoms with E-state index in [-0.39, 0.29) is 27.6 Å². The van der Waals surface area contributed by atoms with Gasteiger partial charge in [0.1, 0.15) is 30.3 Å². The fourth-order valence-corrected chi connectivity index (χ4v) is 6.56. The molecule has 1 saturated heterocycles. The number of halogens is 3. The first-order valence-corrected chi connectivity index (χ1v) is 16.8. The van der Waals surface area contributed by atoms with Gasteiger partial charge in [0.15, 0.2) is 11.6 Å². The molecule has 0 radical (unpaired) electrons. The largest absolute Gasteiger partial charge is 0.326 e. The van der Waals surface area contributed by atoms with Crippen LogP contribution in [0.3, 0.4) is 0 Å². The molecule has 16 heteroatoms. The maximum atomic E-state index is 15.8. The number of carbonyl (C=O) groups is 3. The summed E-state index contributed by atoms with van der Waals surface area (Å²) in [6.07, 6.45) is 1.31. The Morgan fingerprint density at radius 2 is 1.76 bits per heavy atom. The normalized spacial score (nSPS) is 16.2. The Bertz CT molecular complexity index is 2260. The van der Waals surface area contributed by atoms with Crippen molar-refractivity contribution in [1.29, 1.82) is 0 Å². The summed E-state index contributed by atoms with van der Waals surface area (Å²) < 4.78 is 56.5. The quantitative estimate of drug-likeness (QED) is 0.219. The third-order valence-corrected chi connectivity index (χ3v) is 9.38. The van der Waals surface area contributed by atoms with Gasteiger partial charge in [-0.05, 0) is 42.8 Å². The smallest absolute Gasteiger partial charge is 0.247 e. The summed E-state index contributed by atoms with van der Waals surface area (Å²) in [5, 5.41) is 12.6. The van der Waals surface area contributed by atoms with Crippen LogP contribution in [-0.4, -0.2) is 69.4 Å². The second kappa shape index (κ2) is 13.1. The molecule has 1 fully saturated rings. The number of primary sulfonamides is 1. The third kappa shape index (κ3) is 6.77. The average Bonchev–Trinajstić information content (AvgIpc) is 3.62. The van der Waals surface area contributed by atoms with E-state index in [0.29, 0.717) is 27.9 Å². The van der Waals surface area contributed by atoms with Crippen LogP contribution in [0.15, 0.2) is 71.9 Å². The third-order valence-electron chi connectivity index (χ3n) is 8.15. The molecule has 3 N–H and O–H groups in total. The number of likely N-dealkylation sites (tertiary alicyclic amines) is 1. The van der Waals surface area contributed by atoms with Gasteiger partial charge in [-0.15, -0.1) is 0 Å². The summed E-state index contributed by atoms with van der Waals surface area (Å²) in [7, 11) is -4.38. The zero-order valence-corrected chi connectivity index (χ0v) is 27.6. The number of benzene rings is 3. The molecular formula is C33H28ClF2N7O5S. The molecule has 3 heterocycles. The van der Waals surface area contributed by atoms with Crippen LogP contribution in [0.4, 0.5) is 14.5 Å². The Kier molecular flexibility index (Phi) is 9.00. The van der Waals surface area contributed by atoms with Crippen molar-refractivity contribution in [1.82, 2.24) is 24.6 Å². The van der Waals surface area contributed by atoms with Gasteiger partial charge in [-0.1, -0.05) is 35.9 Å². The van der Waals surface area contributed by atoms with Crippen molar-refractivity contribution in [2.45, 2.75) is 43.9 Å². The second-order valence-electron chi connectivity index (χ2n) is 11.6. The van der Waals surface area contributed by atoms with Crippen LogP contribution in [0.1, 0.15) is 29.7 Å². The lowest BCUT2D eigenvalue weighted by Crippen LogP contribution is -2.44. The van der Waals surface area contributed by atoms with Crippen molar-refractivity contribution in [3.05, 3.63) is 89.3 Å². The van der Waals surface area contributed by atoms with Crippen molar-refractivity contribution in [2.75, 3.05) is 11.9 Å². The molecular weight excluding hydrogens is 680 g/mol. The van der Waals surface area contributed by atoms with E-state index in [1.54, 1.807) is 49.6 Å². The number of amides is 2. The Labute approximate surface area is 284 Å². The van der Waals surface area contributed by atoms with E-state index in [9.17, 15) is 27.2 Å². The van der Waals surface area contributed by atoms with E-state index in [1.165, 1.54) is 23.7 Å². The van der Waals surface area contributed by atoms with Crippen LogP contribution in [0.2, 0.25) is 5.02 Å². The Morgan fingerprint density at radius 3 is 2.43 bits per heavy atom. The van der Waals surface area contributed by atoms with Crippen molar-refractivity contribution in [2.24, 2.45) is 5.14 Å². The molecule has 2 aromatic heterocycles. The summed E-state index contributed by atoms with van der Waals surface area (Å²) in [5.41, 5.74) is 1.31. The van der Waals surface area contributed by atoms with Gasteiger partial charge in [0.25, 0.3) is 0 Å². The standard InChI is InChI=1S/C33H28ClF2N7O5S/c1-17(44)32-25-9-19(20-13-38-18(2)39-14-20)7-8-28(25)43(41-32)16-30(45)42-15-21(35)10-29(42)33(46)40-27-12-22(49(37,47)48)11-24(31(27)36)23-5-3-4-6-26(23)34/h3-9,11-14,21,29H,10,15-16H2,1-2H3,(H,40,46)(H2,37,47,48)/t21-,29+/m1/s1. The summed E-state index contributed by atoms with van der Waals surface area (Å²) in [5.74, 6) is -2.42. The summed E-state index contributed by atoms with van der Waals surface area (Å²) in [6, 6.07) is 11.7. The van der Waals surface area contributed by atoms with Crippen LogP contribution >= 0.6 is 11.6 Å². The first kappa shape index (κ1) is 33.8. The Morgan fingerprint density at radius 1 is 1.04 bits per heavy atom. The fraction of sp³-hybridized carbons (Fsp3) is 0.212. The molecule has 0 bridgehead atoms. The molecule has 2 amide bonds. The number of ketones is 1. The monoisotopic (exact) mass is 707 g/mol. The first-order chi connectivity index (χ1) is 23.2. The number of rotatable bonds is 8. The fourth-order valence-electron chi connectivity index (χ4n) is 5.75. The molecule has 0 unspecified atom stereocenters. The van der Waals surface area contributed by atoms with E-state index in [4.69, 9.17) is 16.7 Å². The maximum absolute atomic E-state index is 15.8. The lowest BCUT2D eigenvalue weighted by molar-refractivity contribution is -0.137. The molecule has 0 saturated carbocycles. The topological polar surface area (TPSA) is 170 Å². The number of hydrogen-bond donors (Lipinski definition) is 2. The summed E-state index contributed by atoms with van der Waals surface area (Å²) in [4.78, 5) is 48.6. The van der Waals surface area contributed by atoms with Gasteiger partial charge in [-0.3, -0.25) is 19.1 Å². The predicted molar refractivity (Wildman–Crippen MR) is 177 cm³/mol. The number of Topliss-reactive ketones (excluding diaryl/α,β-unsaturated/α-hetero) is 1. The van der Waals surface area contributed by atoms with E-state index in [0.717, 1.165) is 17.0 Å². The number of alkyl halides is 1. The number of nitrogens with zero attached hydrogens (tertiary/aromatic N) is 5. The van der Waals surface area contributed by atoms with Crippen LogP contribution in [0.5, 0.6) is 0 Å². The van der Waals surface area contributed by atoms with Crippen LogP contribution in [0.25, 0.3) is 33.2 Å². The number of fused-ring (bicyclic) bond motifs is 1. The molecule has 1 aliphatic heterocycles. The summed E-state index contributed by atoms with van der Waals surface area (Å²) >= 11 is 6.24. The van der Waals surface area contributed by atoms with Gasteiger partial charge in [-0.2, -0.15) is 5.10 Å². The molecule has 252 valence electrons. The molecule has 12 nitrogen and oxygen atoms in total. The van der Waals surface area contributed by atoms with Gasteiger partial charge in [0.05, 0.1) is 22.6 Å². The van der Waals surface area contributed by atoms with Gasteiger partial charge < -0.3 is 10.2 Å². The molecule has 6 rings (SSSR count). The lowest BCUT2D eigenvalue weighted by Gasteiger charge is -2.24. The second-order valence-corrected chi connectivity index (χ2v) is 13.5. The average molecular weight is 708 g/mol. The molecule has 1 aliphatic rings. The minimum atomic E-state index is -4.38. The Balaban J connectivity index is 1.29. The highest BCUT2D eigenvalue weighted by Gasteiger charge is 2.40. The lowest BCUT2D eigenvalue weighted by atomic mass is 10.0. The molecule has 0 aliphatic carbocycles.